The van der Waals surface area contributed by atoms with Gasteiger partial charge in [-0.05, 0) is 41.2 Å². The first-order chi connectivity index (χ1) is 22.4. The highest BCUT2D eigenvalue weighted by atomic mass is 32.2. The molecule has 3 aromatic rings. The van der Waals surface area contributed by atoms with E-state index in [9.17, 15) is 27.9 Å². The number of primary amides is 1. The fraction of sp³-hybridized carbons (Fsp3) is 0.333. The number of carbonyl (C=O) groups is 3. The minimum Gasteiger partial charge on any atom is -0.445 e. The molecule has 0 radical (unpaired) electrons. The molecule has 0 fully saturated rings. The van der Waals surface area contributed by atoms with Gasteiger partial charge in [0.15, 0.2) is 0 Å². The zero-order valence-electron chi connectivity index (χ0n) is 26.2. The third-order valence-electron chi connectivity index (χ3n) is 7.00. The molecular formula is C33H41N5O8S. The number of nitrogens with zero attached hydrogens (tertiary/aromatic N) is 2. The second kappa shape index (κ2) is 17.8. The molecule has 252 valence electrons. The average molecular weight is 668 g/mol. The largest absolute Gasteiger partial charge is 0.445 e. The predicted molar refractivity (Wildman–Crippen MR) is 175 cm³/mol. The van der Waals surface area contributed by atoms with Crippen molar-refractivity contribution in [1.29, 1.82) is 0 Å². The number of nitrogens with one attached hydrogen (secondary N) is 2. The van der Waals surface area contributed by atoms with Crippen LogP contribution in [0.15, 0.2) is 95.0 Å². The molecule has 3 aromatic carbocycles. The lowest BCUT2D eigenvalue weighted by molar-refractivity contribution is -0.128. The fourth-order valence-corrected chi connectivity index (χ4v) is 6.33. The number of hydrogen-bond donors (Lipinski definition) is 5. The minimum atomic E-state index is -4.12. The molecular weight excluding hydrogens is 626 g/mol. The number of ether oxygens (including phenoxy) is 1. The van der Waals surface area contributed by atoms with Crippen molar-refractivity contribution >= 4 is 34.1 Å². The van der Waals surface area contributed by atoms with Crippen LogP contribution in [-0.4, -0.2) is 78.4 Å². The number of benzene rings is 3. The second-order valence-electron chi connectivity index (χ2n) is 11.3. The summed E-state index contributed by atoms with van der Waals surface area (Å²) < 4.78 is 33.8. The maximum Gasteiger partial charge on any atom is 0.408 e. The first-order valence-corrected chi connectivity index (χ1v) is 16.4. The number of hydrogen-bond acceptors (Lipinski definition) is 9. The Morgan fingerprint density at radius 3 is 2.06 bits per heavy atom. The maximum atomic E-state index is 13.7. The Kier molecular flexibility index (Phi) is 13.9. The van der Waals surface area contributed by atoms with Gasteiger partial charge in [0, 0.05) is 13.1 Å². The highest BCUT2D eigenvalue weighted by molar-refractivity contribution is 7.89. The van der Waals surface area contributed by atoms with Gasteiger partial charge in [0.25, 0.3) is 0 Å². The molecule has 0 aliphatic carbocycles. The minimum absolute atomic E-state index is 0.0381. The molecule has 6 N–H and O–H groups in total. The zero-order valence-corrected chi connectivity index (χ0v) is 27.0. The standard InChI is InChI=1S/C33H41N5O8S/c1-23(2)20-38(47(44,45)27-15-13-25(14-16-27)19-35-43)21-30(39)28(17-24-9-5-3-6-10-24)36-32(41)29(18-31(34)40)37-33(42)46-22-26-11-7-4-8-12-26/h3-16,19,23,28-30,39,43H,17-18,20-22H2,1-2H3,(H2,34,40)(H,36,41)(H,37,42)/b35-19+/t28-,29-,30+/m0/s1. The van der Waals surface area contributed by atoms with Crippen molar-refractivity contribution < 1.29 is 37.9 Å². The van der Waals surface area contributed by atoms with E-state index in [1.807, 2.05) is 13.8 Å². The van der Waals surface area contributed by atoms with Gasteiger partial charge in [-0.2, -0.15) is 4.31 Å². The van der Waals surface area contributed by atoms with Gasteiger partial charge in [0.1, 0.15) is 12.6 Å². The van der Waals surface area contributed by atoms with Crippen molar-refractivity contribution in [1.82, 2.24) is 14.9 Å². The average Bonchev–Trinajstić information content (AvgIpc) is 3.03. The smallest absolute Gasteiger partial charge is 0.408 e. The van der Waals surface area contributed by atoms with E-state index in [2.05, 4.69) is 15.8 Å². The molecule has 13 nitrogen and oxygen atoms in total. The van der Waals surface area contributed by atoms with E-state index in [0.717, 1.165) is 16.1 Å². The SMILES string of the molecule is CC(C)CN(C[C@@H](O)[C@H](Cc1ccccc1)NC(=O)[C@H](CC(N)=O)NC(=O)OCc1ccccc1)S(=O)(=O)c1ccc(/C=N/O)cc1. The van der Waals surface area contributed by atoms with E-state index in [4.69, 9.17) is 15.7 Å². The van der Waals surface area contributed by atoms with Crippen molar-refractivity contribution in [2.75, 3.05) is 13.1 Å². The Morgan fingerprint density at radius 2 is 1.51 bits per heavy atom. The Labute approximate surface area is 274 Å². The monoisotopic (exact) mass is 667 g/mol. The first-order valence-electron chi connectivity index (χ1n) is 14.9. The Hall–Kier alpha value is -4.79. The van der Waals surface area contributed by atoms with Gasteiger partial charge < -0.3 is 31.4 Å². The maximum absolute atomic E-state index is 13.7. The van der Waals surface area contributed by atoms with E-state index >= 15 is 0 Å². The van der Waals surface area contributed by atoms with Crippen LogP contribution < -0.4 is 16.4 Å². The van der Waals surface area contributed by atoms with Gasteiger partial charge in [-0.15, -0.1) is 0 Å². The molecule has 0 saturated heterocycles. The van der Waals surface area contributed by atoms with Gasteiger partial charge in [-0.25, -0.2) is 13.2 Å². The molecule has 0 aliphatic heterocycles. The highest BCUT2D eigenvalue weighted by Gasteiger charge is 2.33. The second-order valence-corrected chi connectivity index (χ2v) is 13.3. The van der Waals surface area contributed by atoms with Gasteiger partial charge in [-0.3, -0.25) is 9.59 Å². The van der Waals surface area contributed by atoms with Crippen LogP contribution >= 0.6 is 0 Å². The third-order valence-corrected chi connectivity index (χ3v) is 8.85. The number of nitrogens with two attached hydrogens (primary N) is 1. The number of amides is 3. The number of aliphatic hydroxyl groups is 1. The third kappa shape index (κ3) is 11.8. The molecule has 0 bridgehead atoms. The Morgan fingerprint density at radius 1 is 0.915 bits per heavy atom. The molecule has 3 amide bonds. The fourth-order valence-electron chi connectivity index (χ4n) is 4.71. The van der Waals surface area contributed by atoms with Crippen LogP contribution in [0.3, 0.4) is 0 Å². The van der Waals surface area contributed by atoms with Gasteiger partial charge >= 0.3 is 6.09 Å². The zero-order chi connectivity index (χ0) is 34.4. The number of oxime groups is 1. The van der Waals surface area contributed by atoms with Crippen molar-refractivity contribution in [3.63, 3.8) is 0 Å². The van der Waals surface area contributed by atoms with Crippen LogP contribution in [0, 0.1) is 5.92 Å². The lowest BCUT2D eigenvalue weighted by Crippen LogP contribution is -2.56. The number of aliphatic hydroxyl groups excluding tert-OH is 1. The van der Waals surface area contributed by atoms with Gasteiger partial charge in [-0.1, -0.05) is 91.8 Å². The normalized spacial score (nSPS) is 13.6. The highest BCUT2D eigenvalue weighted by Crippen LogP contribution is 2.20. The molecule has 47 heavy (non-hydrogen) atoms. The summed E-state index contributed by atoms with van der Waals surface area (Å²) in [7, 11) is -4.12. The summed E-state index contributed by atoms with van der Waals surface area (Å²) in [6.45, 7) is 3.26. The number of rotatable bonds is 17. The van der Waals surface area contributed by atoms with Crippen LogP contribution in [0.25, 0.3) is 0 Å². The van der Waals surface area contributed by atoms with Crippen LogP contribution in [0.2, 0.25) is 0 Å². The Bertz CT molecular complexity index is 1590. The van der Waals surface area contributed by atoms with Crippen molar-refractivity contribution in [3.05, 3.63) is 102 Å². The summed E-state index contributed by atoms with van der Waals surface area (Å²) in [5.41, 5.74) is 7.30. The topological polar surface area (TPSA) is 201 Å². The van der Waals surface area contributed by atoms with Crippen molar-refractivity contribution in [3.8, 4) is 0 Å². The molecule has 0 heterocycles. The van der Waals surface area contributed by atoms with Gasteiger partial charge in [0.05, 0.1) is 29.7 Å². The van der Waals surface area contributed by atoms with Gasteiger partial charge in [0.2, 0.25) is 21.8 Å². The molecule has 0 aromatic heterocycles. The summed E-state index contributed by atoms with van der Waals surface area (Å²) in [6, 6.07) is 21.0. The van der Waals surface area contributed by atoms with E-state index in [1.165, 1.54) is 24.3 Å². The molecule has 3 rings (SSSR count). The molecule has 0 aliphatic rings. The summed E-state index contributed by atoms with van der Waals surface area (Å²) >= 11 is 0. The van der Waals surface area contributed by atoms with Crippen LogP contribution in [0.5, 0.6) is 0 Å². The quantitative estimate of drug-likeness (QED) is 0.0820. The summed E-state index contributed by atoms with van der Waals surface area (Å²) in [5, 5.41) is 28.3. The Balaban J connectivity index is 1.84. The van der Waals surface area contributed by atoms with Crippen molar-refractivity contribution in [2.45, 2.75) is 56.4 Å². The number of alkyl carbamates (subject to hydrolysis) is 1. The summed E-state index contributed by atoms with van der Waals surface area (Å²) in [5.74, 6) is -1.80. The lowest BCUT2D eigenvalue weighted by Gasteiger charge is -2.31. The van der Waals surface area contributed by atoms with E-state index in [0.29, 0.717) is 11.1 Å². The lowest BCUT2D eigenvalue weighted by atomic mass is 10.00. The number of carbonyl (C=O) groups excluding carboxylic acids is 3. The van der Waals surface area contributed by atoms with E-state index < -0.39 is 52.5 Å². The van der Waals surface area contributed by atoms with Crippen molar-refractivity contribution in [2.24, 2.45) is 16.8 Å². The molecule has 0 spiro atoms. The van der Waals surface area contributed by atoms with Crippen LogP contribution in [0.4, 0.5) is 4.79 Å². The first kappa shape index (κ1) is 36.7. The molecule has 0 unspecified atom stereocenters. The predicted octanol–water partition coefficient (Wildman–Crippen LogP) is 2.40. The molecule has 0 saturated carbocycles. The van der Waals surface area contributed by atoms with E-state index in [-0.39, 0.29) is 36.9 Å². The summed E-state index contributed by atoms with van der Waals surface area (Å²) in [6.07, 6.45) is -1.67. The number of sulfonamides is 1. The van der Waals surface area contributed by atoms with E-state index in [1.54, 1.807) is 60.7 Å². The van der Waals surface area contributed by atoms with Crippen LogP contribution in [0.1, 0.15) is 37.0 Å². The van der Waals surface area contributed by atoms with Crippen LogP contribution in [-0.2, 0) is 37.4 Å². The summed E-state index contributed by atoms with van der Waals surface area (Å²) in [4.78, 5) is 37.9. The molecule has 14 heteroatoms. The molecule has 3 atom stereocenters.